The number of amidine groups is 1. The van der Waals surface area contributed by atoms with E-state index in [1.807, 2.05) is 17.6 Å². The molecule has 22 heavy (non-hydrogen) atoms. The summed E-state index contributed by atoms with van der Waals surface area (Å²) in [6.45, 7) is 4.11. The Labute approximate surface area is 134 Å². The van der Waals surface area contributed by atoms with Crippen molar-refractivity contribution < 1.29 is 8.42 Å². The second kappa shape index (κ2) is 5.59. The molecule has 1 aliphatic rings. The van der Waals surface area contributed by atoms with Gasteiger partial charge in [-0.3, -0.25) is 4.99 Å². The summed E-state index contributed by atoms with van der Waals surface area (Å²) in [6.07, 6.45) is 1.87. The fourth-order valence-electron chi connectivity index (χ4n) is 3.00. The van der Waals surface area contributed by atoms with E-state index in [2.05, 4.69) is 10.3 Å². The number of aliphatic imine (C=N–C) groups is 1. The van der Waals surface area contributed by atoms with Crippen molar-refractivity contribution in [2.24, 2.45) is 4.99 Å². The second-order valence-corrected chi connectivity index (χ2v) is 7.79. The van der Waals surface area contributed by atoms with Gasteiger partial charge in [-0.2, -0.15) is 0 Å². The van der Waals surface area contributed by atoms with Crippen LogP contribution in [0.2, 0.25) is 5.02 Å². The van der Waals surface area contributed by atoms with Crippen molar-refractivity contribution in [3.63, 3.8) is 0 Å². The second-order valence-electron chi connectivity index (χ2n) is 5.40. The molecule has 0 radical (unpaired) electrons. The largest absolute Gasteiger partial charge is 0.370 e. The first-order valence-electron chi connectivity index (χ1n) is 7.19. The molecule has 0 saturated heterocycles. The molecule has 3 rings (SSSR count). The molecular weight excluding hydrogens is 322 g/mol. The van der Waals surface area contributed by atoms with Crippen molar-refractivity contribution in [1.29, 1.82) is 0 Å². The Morgan fingerprint density at radius 3 is 2.77 bits per heavy atom. The Balaban J connectivity index is 2.30. The fraction of sp³-hybridized carbons (Fsp3) is 0.400. The number of sulfone groups is 1. The van der Waals surface area contributed by atoms with E-state index in [0.717, 1.165) is 30.1 Å². The van der Waals surface area contributed by atoms with Crippen LogP contribution in [0.5, 0.6) is 0 Å². The normalized spacial score (nSPS) is 15.1. The lowest BCUT2D eigenvalue weighted by Crippen LogP contribution is -2.24. The summed E-state index contributed by atoms with van der Waals surface area (Å²) >= 11 is 6.08. The minimum Gasteiger partial charge on any atom is -0.370 e. The van der Waals surface area contributed by atoms with Gasteiger partial charge < -0.3 is 9.88 Å². The molecule has 7 heteroatoms. The summed E-state index contributed by atoms with van der Waals surface area (Å²) in [5.74, 6) is 0.890. The number of nitrogens with one attached hydrogen (secondary N) is 1. The number of fused-ring (bicyclic) bond motifs is 1. The SMILES string of the molecule is CCc1c(S(C)(=O)=O)c2cc(Cl)ccc2n1CC1=NCCN1. The Kier molecular flexibility index (Phi) is 3.91. The molecule has 0 bridgehead atoms. The number of nitrogens with zero attached hydrogens (tertiary/aromatic N) is 2. The summed E-state index contributed by atoms with van der Waals surface area (Å²) in [5.41, 5.74) is 1.68. The lowest BCUT2D eigenvalue weighted by atomic mass is 10.2. The van der Waals surface area contributed by atoms with E-state index in [1.165, 1.54) is 6.26 Å². The van der Waals surface area contributed by atoms with E-state index in [1.54, 1.807) is 12.1 Å². The highest BCUT2D eigenvalue weighted by atomic mass is 35.5. The van der Waals surface area contributed by atoms with Gasteiger partial charge >= 0.3 is 0 Å². The van der Waals surface area contributed by atoms with Gasteiger partial charge in [-0.1, -0.05) is 18.5 Å². The summed E-state index contributed by atoms with van der Waals surface area (Å²) in [5, 5.41) is 4.46. The number of benzene rings is 1. The van der Waals surface area contributed by atoms with Crippen LogP contribution < -0.4 is 5.32 Å². The zero-order valence-electron chi connectivity index (χ0n) is 12.6. The van der Waals surface area contributed by atoms with Gasteiger partial charge in [0, 0.05) is 28.9 Å². The lowest BCUT2D eigenvalue weighted by Gasteiger charge is -2.11. The molecule has 5 nitrogen and oxygen atoms in total. The highest BCUT2D eigenvalue weighted by molar-refractivity contribution is 7.91. The molecule has 0 aliphatic carbocycles. The van der Waals surface area contributed by atoms with E-state index in [9.17, 15) is 8.42 Å². The molecule has 1 N–H and O–H groups in total. The molecule has 0 saturated carbocycles. The van der Waals surface area contributed by atoms with Crippen LogP contribution in [0.25, 0.3) is 10.9 Å². The number of halogens is 1. The van der Waals surface area contributed by atoms with Crippen LogP contribution in [0.1, 0.15) is 12.6 Å². The van der Waals surface area contributed by atoms with E-state index >= 15 is 0 Å². The predicted octanol–water partition coefficient (Wildman–Crippen LogP) is 2.26. The Bertz CT molecular complexity index is 869. The first kappa shape index (κ1) is 15.4. The number of rotatable bonds is 4. The third kappa shape index (κ3) is 2.61. The molecule has 2 aromatic rings. The predicted molar refractivity (Wildman–Crippen MR) is 89.7 cm³/mol. The standard InChI is InChI=1S/C15H18ClN3O2S/c1-3-12-15(22(2,20)21)11-8-10(16)4-5-13(11)19(12)9-14-17-6-7-18-14/h4-5,8H,3,6-7,9H2,1-2H3,(H,17,18). The van der Waals surface area contributed by atoms with Crippen LogP contribution >= 0.6 is 11.6 Å². The van der Waals surface area contributed by atoms with Crippen molar-refractivity contribution in [1.82, 2.24) is 9.88 Å². The van der Waals surface area contributed by atoms with Gasteiger partial charge in [0.25, 0.3) is 0 Å². The van der Waals surface area contributed by atoms with E-state index < -0.39 is 9.84 Å². The molecular formula is C15H18ClN3O2S. The maximum absolute atomic E-state index is 12.3. The summed E-state index contributed by atoms with van der Waals surface area (Å²) < 4.78 is 26.6. The van der Waals surface area contributed by atoms with Crippen molar-refractivity contribution >= 4 is 38.2 Å². The molecule has 0 unspecified atom stereocenters. The van der Waals surface area contributed by atoms with Gasteiger partial charge in [0.1, 0.15) is 5.84 Å². The van der Waals surface area contributed by atoms with Crippen LogP contribution in [-0.4, -0.2) is 38.2 Å². The van der Waals surface area contributed by atoms with Crippen molar-refractivity contribution in [2.45, 2.75) is 24.8 Å². The number of hydrogen-bond donors (Lipinski definition) is 1. The Morgan fingerprint density at radius 1 is 1.41 bits per heavy atom. The molecule has 0 atom stereocenters. The van der Waals surface area contributed by atoms with Gasteiger partial charge in [-0.25, -0.2) is 8.42 Å². The quantitative estimate of drug-likeness (QED) is 0.929. The van der Waals surface area contributed by atoms with Crippen molar-refractivity contribution in [3.8, 4) is 0 Å². The molecule has 1 aliphatic heterocycles. The van der Waals surface area contributed by atoms with Gasteiger partial charge in [0.15, 0.2) is 9.84 Å². The monoisotopic (exact) mass is 339 g/mol. The van der Waals surface area contributed by atoms with Crippen molar-refractivity contribution in [2.75, 3.05) is 19.3 Å². The zero-order valence-corrected chi connectivity index (χ0v) is 14.1. The maximum Gasteiger partial charge on any atom is 0.177 e. The van der Waals surface area contributed by atoms with Gasteiger partial charge in [0.2, 0.25) is 0 Å². The number of hydrogen-bond acceptors (Lipinski definition) is 4. The van der Waals surface area contributed by atoms with Crippen molar-refractivity contribution in [3.05, 3.63) is 28.9 Å². The summed E-state index contributed by atoms with van der Waals surface area (Å²) in [7, 11) is -3.34. The lowest BCUT2D eigenvalue weighted by molar-refractivity contribution is 0.600. The van der Waals surface area contributed by atoms with E-state index in [-0.39, 0.29) is 0 Å². The fourth-order valence-corrected chi connectivity index (χ4v) is 4.41. The first-order chi connectivity index (χ1) is 10.4. The highest BCUT2D eigenvalue weighted by Gasteiger charge is 2.24. The molecule has 2 heterocycles. The number of aromatic nitrogens is 1. The minimum atomic E-state index is -3.34. The third-order valence-electron chi connectivity index (χ3n) is 3.84. The smallest absolute Gasteiger partial charge is 0.177 e. The maximum atomic E-state index is 12.3. The zero-order chi connectivity index (χ0) is 15.9. The molecule has 0 spiro atoms. The van der Waals surface area contributed by atoms with Gasteiger partial charge in [0.05, 0.1) is 23.5 Å². The first-order valence-corrected chi connectivity index (χ1v) is 9.46. The third-order valence-corrected chi connectivity index (χ3v) is 5.27. The minimum absolute atomic E-state index is 0.381. The van der Waals surface area contributed by atoms with Crippen LogP contribution in [0.15, 0.2) is 28.1 Å². The molecule has 0 fully saturated rings. The average Bonchev–Trinajstić information content (AvgIpc) is 3.04. The molecule has 118 valence electrons. The molecule has 1 aromatic carbocycles. The molecule has 1 aromatic heterocycles. The Hall–Kier alpha value is -1.53. The van der Waals surface area contributed by atoms with Crippen LogP contribution in [0, 0.1) is 0 Å². The summed E-state index contributed by atoms with van der Waals surface area (Å²) in [4.78, 5) is 4.79. The van der Waals surface area contributed by atoms with Gasteiger partial charge in [-0.05, 0) is 24.6 Å². The highest BCUT2D eigenvalue weighted by Crippen LogP contribution is 2.32. The van der Waals surface area contributed by atoms with Crippen LogP contribution in [-0.2, 0) is 22.8 Å². The van der Waals surface area contributed by atoms with E-state index in [4.69, 9.17) is 11.6 Å². The average molecular weight is 340 g/mol. The molecule has 0 amide bonds. The van der Waals surface area contributed by atoms with E-state index in [0.29, 0.717) is 28.3 Å². The van der Waals surface area contributed by atoms with Crippen LogP contribution in [0.3, 0.4) is 0 Å². The Morgan fingerprint density at radius 2 is 2.18 bits per heavy atom. The summed E-state index contributed by atoms with van der Waals surface area (Å²) in [6, 6.07) is 5.39. The van der Waals surface area contributed by atoms with Gasteiger partial charge in [-0.15, -0.1) is 0 Å². The van der Waals surface area contributed by atoms with Crippen LogP contribution in [0.4, 0.5) is 0 Å². The topological polar surface area (TPSA) is 63.5 Å².